The molecule has 2 rings (SSSR count). The first-order valence-corrected chi connectivity index (χ1v) is 10.2. The molecule has 0 spiro atoms. The number of halogens is 1. The van der Waals surface area contributed by atoms with Gasteiger partial charge in [0.25, 0.3) is 0 Å². The largest absolute Gasteiger partial charge is 0.467 e. The van der Waals surface area contributed by atoms with Gasteiger partial charge in [0.1, 0.15) is 6.04 Å². The van der Waals surface area contributed by atoms with Crippen LogP contribution in [0, 0.1) is 0 Å². The minimum Gasteiger partial charge on any atom is -0.467 e. The van der Waals surface area contributed by atoms with E-state index in [0.29, 0.717) is 10.6 Å². The summed E-state index contributed by atoms with van der Waals surface area (Å²) in [6.07, 6.45) is 0. The third-order valence-corrected chi connectivity index (χ3v) is 5.96. The van der Waals surface area contributed by atoms with Gasteiger partial charge in [-0.15, -0.1) is 0 Å². The van der Waals surface area contributed by atoms with Crippen LogP contribution >= 0.6 is 11.6 Å². The maximum Gasteiger partial charge on any atom is 0.328 e. The van der Waals surface area contributed by atoms with E-state index in [1.807, 2.05) is 6.07 Å². The second-order valence-electron chi connectivity index (χ2n) is 6.02. The van der Waals surface area contributed by atoms with E-state index in [4.69, 9.17) is 11.6 Å². The van der Waals surface area contributed by atoms with Crippen LogP contribution in [0.15, 0.2) is 59.5 Å². The third kappa shape index (κ3) is 5.79. The first kappa shape index (κ1) is 21.9. The summed E-state index contributed by atoms with van der Waals surface area (Å²) in [5.74, 6) is -1.24. The summed E-state index contributed by atoms with van der Waals surface area (Å²) < 4.78 is 31.8. The maximum absolute atomic E-state index is 13.1. The van der Waals surface area contributed by atoms with Gasteiger partial charge in [-0.25, -0.2) is 13.2 Å². The lowest BCUT2D eigenvalue weighted by atomic mass is 10.2. The summed E-state index contributed by atoms with van der Waals surface area (Å²) in [5.41, 5.74) is 0.717. The molecule has 1 unspecified atom stereocenters. The Kier molecular flexibility index (Phi) is 7.56. The van der Waals surface area contributed by atoms with Gasteiger partial charge < -0.3 is 10.1 Å². The van der Waals surface area contributed by atoms with Gasteiger partial charge in [0.15, 0.2) is 0 Å². The molecule has 0 bridgehead atoms. The molecule has 0 aromatic heterocycles. The van der Waals surface area contributed by atoms with Crippen molar-refractivity contribution in [1.82, 2.24) is 9.62 Å². The van der Waals surface area contributed by atoms with Crippen LogP contribution < -0.4 is 5.32 Å². The predicted molar refractivity (Wildman–Crippen MR) is 105 cm³/mol. The van der Waals surface area contributed by atoms with Crippen LogP contribution in [-0.4, -0.2) is 44.3 Å². The number of ether oxygens (including phenoxy) is 1. The standard InChI is InChI=1S/C19H21ClN2O5S/c1-14(19(24)27-2)21-18(23)13-22(12-15-6-4-3-5-7-15)28(25,26)17-10-8-16(20)9-11-17/h3-11,14H,12-13H2,1-2H3,(H,21,23). The lowest BCUT2D eigenvalue weighted by Gasteiger charge is -2.23. The van der Waals surface area contributed by atoms with Crippen molar-refractivity contribution in [2.24, 2.45) is 0 Å². The molecule has 0 aliphatic heterocycles. The number of carbonyl (C=O) groups excluding carboxylic acids is 2. The second kappa shape index (κ2) is 9.68. The number of amides is 1. The van der Waals surface area contributed by atoms with E-state index in [1.54, 1.807) is 24.3 Å². The molecular formula is C19H21ClN2O5S. The van der Waals surface area contributed by atoms with E-state index in [0.717, 1.165) is 4.31 Å². The van der Waals surface area contributed by atoms with Gasteiger partial charge in [-0.3, -0.25) is 4.79 Å². The maximum atomic E-state index is 13.1. The van der Waals surface area contributed by atoms with Crippen molar-refractivity contribution < 1.29 is 22.7 Å². The van der Waals surface area contributed by atoms with Crippen molar-refractivity contribution in [3.63, 3.8) is 0 Å². The number of benzene rings is 2. The Bertz CT molecular complexity index is 917. The van der Waals surface area contributed by atoms with Crippen molar-refractivity contribution in [2.45, 2.75) is 24.4 Å². The Morgan fingerprint density at radius 1 is 1.11 bits per heavy atom. The van der Waals surface area contributed by atoms with E-state index in [9.17, 15) is 18.0 Å². The molecule has 0 aliphatic carbocycles. The number of carbonyl (C=O) groups is 2. The molecule has 0 fully saturated rings. The van der Waals surface area contributed by atoms with Gasteiger partial charge in [0.2, 0.25) is 15.9 Å². The summed E-state index contributed by atoms with van der Waals surface area (Å²) in [4.78, 5) is 23.9. The molecule has 0 saturated heterocycles. The van der Waals surface area contributed by atoms with Crippen molar-refractivity contribution in [3.05, 3.63) is 65.2 Å². The summed E-state index contributed by atoms with van der Waals surface area (Å²) in [6.45, 7) is 0.992. The SMILES string of the molecule is COC(=O)C(C)NC(=O)CN(Cc1ccccc1)S(=O)(=O)c1ccc(Cl)cc1. The lowest BCUT2D eigenvalue weighted by Crippen LogP contribution is -2.45. The zero-order chi connectivity index (χ0) is 20.7. The summed E-state index contributed by atoms with van der Waals surface area (Å²) in [6, 6.07) is 13.7. The number of nitrogens with one attached hydrogen (secondary N) is 1. The summed E-state index contributed by atoms with van der Waals surface area (Å²) >= 11 is 5.84. The molecule has 1 N–H and O–H groups in total. The first-order chi connectivity index (χ1) is 13.2. The zero-order valence-electron chi connectivity index (χ0n) is 15.5. The minimum atomic E-state index is -3.98. The highest BCUT2D eigenvalue weighted by atomic mass is 35.5. The Hall–Kier alpha value is -2.42. The van der Waals surface area contributed by atoms with E-state index < -0.39 is 34.5 Å². The van der Waals surface area contributed by atoms with Gasteiger partial charge in [-0.05, 0) is 36.8 Å². The van der Waals surface area contributed by atoms with Crippen molar-refractivity contribution in [2.75, 3.05) is 13.7 Å². The number of esters is 1. The molecular weight excluding hydrogens is 404 g/mol. The molecule has 28 heavy (non-hydrogen) atoms. The number of hydrogen-bond donors (Lipinski definition) is 1. The number of nitrogens with zero attached hydrogens (tertiary/aromatic N) is 1. The quantitative estimate of drug-likeness (QED) is 0.656. The van der Waals surface area contributed by atoms with Gasteiger partial charge in [0.05, 0.1) is 18.6 Å². The monoisotopic (exact) mass is 424 g/mol. The summed E-state index contributed by atoms with van der Waals surface area (Å²) in [7, 11) is -2.77. The highest BCUT2D eigenvalue weighted by Gasteiger charge is 2.28. The number of methoxy groups -OCH3 is 1. The van der Waals surface area contributed by atoms with Crippen molar-refractivity contribution >= 4 is 33.5 Å². The lowest BCUT2D eigenvalue weighted by molar-refractivity contribution is -0.144. The second-order valence-corrected chi connectivity index (χ2v) is 8.40. The van der Waals surface area contributed by atoms with E-state index >= 15 is 0 Å². The molecule has 0 saturated carbocycles. The molecule has 0 aliphatic rings. The Balaban J connectivity index is 2.27. The van der Waals surface area contributed by atoms with Crippen LogP contribution in [0.1, 0.15) is 12.5 Å². The van der Waals surface area contributed by atoms with Gasteiger partial charge in [-0.1, -0.05) is 41.9 Å². The van der Waals surface area contributed by atoms with Gasteiger partial charge in [0, 0.05) is 11.6 Å². The Morgan fingerprint density at radius 3 is 2.29 bits per heavy atom. The van der Waals surface area contributed by atoms with Crippen LogP contribution in [0.3, 0.4) is 0 Å². The molecule has 7 nitrogen and oxygen atoms in total. The van der Waals surface area contributed by atoms with Crippen LogP contribution in [0.5, 0.6) is 0 Å². The number of hydrogen-bond acceptors (Lipinski definition) is 5. The molecule has 9 heteroatoms. The highest BCUT2D eigenvalue weighted by Crippen LogP contribution is 2.20. The fourth-order valence-electron chi connectivity index (χ4n) is 2.45. The topological polar surface area (TPSA) is 92.8 Å². The van der Waals surface area contributed by atoms with Gasteiger partial charge in [-0.2, -0.15) is 4.31 Å². The zero-order valence-corrected chi connectivity index (χ0v) is 17.0. The Labute approximate surface area is 169 Å². The van der Waals surface area contributed by atoms with Crippen molar-refractivity contribution in [1.29, 1.82) is 0 Å². The van der Waals surface area contributed by atoms with Gasteiger partial charge >= 0.3 is 5.97 Å². The minimum absolute atomic E-state index is 0.00811. The first-order valence-electron chi connectivity index (χ1n) is 8.41. The van der Waals surface area contributed by atoms with Crippen LogP contribution in [0.25, 0.3) is 0 Å². The van der Waals surface area contributed by atoms with E-state index in [-0.39, 0.29) is 11.4 Å². The molecule has 2 aromatic carbocycles. The van der Waals surface area contributed by atoms with E-state index in [2.05, 4.69) is 10.1 Å². The molecule has 0 radical (unpaired) electrons. The fraction of sp³-hybridized carbons (Fsp3) is 0.263. The number of sulfonamides is 1. The van der Waals surface area contributed by atoms with Crippen LogP contribution in [0.2, 0.25) is 5.02 Å². The highest BCUT2D eigenvalue weighted by molar-refractivity contribution is 7.89. The van der Waals surface area contributed by atoms with Crippen molar-refractivity contribution in [3.8, 4) is 0 Å². The fourth-order valence-corrected chi connectivity index (χ4v) is 3.96. The molecule has 0 heterocycles. The molecule has 150 valence electrons. The van der Waals surface area contributed by atoms with Crippen LogP contribution in [0.4, 0.5) is 0 Å². The molecule has 2 aromatic rings. The molecule has 1 amide bonds. The summed E-state index contributed by atoms with van der Waals surface area (Å²) in [5, 5.41) is 2.84. The average molecular weight is 425 g/mol. The van der Waals surface area contributed by atoms with E-state index in [1.165, 1.54) is 38.3 Å². The van der Waals surface area contributed by atoms with Crippen LogP contribution in [-0.2, 0) is 30.9 Å². The predicted octanol–water partition coefficient (Wildman–Crippen LogP) is 2.21. The normalized spacial score (nSPS) is 12.4. The Morgan fingerprint density at radius 2 is 1.71 bits per heavy atom. The molecule has 1 atom stereocenters. The third-order valence-electron chi connectivity index (χ3n) is 3.91. The number of rotatable bonds is 8. The average Bonchev–Trinajstić information content (AvgIpc) is 2.67. The smallest absolute Gasteiger partial charge is 0.328 e.